The van der Waals surface area contributed by atoms with Crippen LogP contribution in [0.15, 0.2) is 42.5 Å². The molecule has 3 rings (SSSR count). The van der Waals surface area contributed by atoms with Gasteiger partial charge in [-0.2, -0.15) is 0 Å². The Morgan fingerprint density at radius 3 is 1.75 bits per heavy atom. The van der Waals surface area contributed by atoms with Gasteiger partial charge in [0.2, 0.25) is 0 Å². The summed E-state index contributed by atoms with van der Waals surface area (Å²) >= 11 is 0. The lowest BCUT2D eigenvalue weighted by Gasteiger charge is -2.45. The van der Waals surface area contributed by atoms with E-state index in [1.807, 2.05) is 0 Å². The zero-order valence-corrected chi connectivity index (χ0v) is 31.8. The van der Waals surface area contributed by atoms with E-state index in [0.29, 0.717) is 0 Å². The average molecular weight is 791 g/mol. The van der Waals surface area contributed by atoms with E-state index in [9.17, 15) is 38.4 Å². The molecule has 19 heteroatoms. The van der Waals surface area contributed by atoms with Crippen LogP contribution >= 0.6 is 0 Å². The van der Waals surface area contributed by atoms with E-state index in [-0.39, 0.29) is 28.4 Å². The van der Waals surface area contributed by atoms with Gasteiger partial charge in [0.25, 0.3) is 0 Å². The van der Waals surface area contributed by atoms with Crippen LogP contribution in [0.2, 0.25) is 0 Å². The molecule has 304 valence electrons. The highest BCUT2D eigenvalue weighted by Gasteiger charge is 2.54. The van der Waals surface area contributed by atoms with Crippen LogP contribution in [0.1, 0.15) is 70.5 Å². The van der Waals surface area contributed by atoms with E-state index in [4.69, 9.17) is 52.1 Å². The van der Waals surface area contributed by atoms with E-state index in [1.165, 1.54) is 63.4 Å². The number of esters is 8. The maximum atomic E-state index is 13.3. The van der Waals surface area contributed by atoms with Crippen LogP contribution in [0.25, 0.3) is 0 Å². The van der Waals surface area contributed by atoms with Crippen molar-refractivity contribution in [2.45, 2.75) is 91.4 Å². The minimum absolute atomic E-state index is 0.0242. The molecule has 0 N–H and O–H groups in total. The Morgan fingerprint density at radius 2 is 1.21 bits per heavy atom. The largest absolute Gasteiger partial charge is 0.493 e. The van der Waals surface area contributed by atoms with Crippen molar-refractivity contribution in [3.8, 4) is 17.2 Å². The number of methoxy groups -OCH3 is 1. The molecule has 1 saturated heterocycles. The molecule has 0 saturated carbocycles. The van der Waals surface area contributed by atoms with Crippen molar-refractivity contribution in [1.82, 2.24) is 0 Å². The molecule has 7 unspecified atom stereocenters. The number of hydrogen-bond acceptors (Lipinski definition) is 19. The second kappa shape index (κ2) is 20.6. The minimum Gasteiger partial charge on any atom is -0.493 e. The van der Waals surface area contributed by atoms with E-state index >= 15 is 0 Å². The average Bonchev–Trinajstić information content (AvgIpc) is 3.09. The molecule has 2 aromatic carbocycles. The molecule has 1 aliphatic rings. The Bertz CT molecular complexity index is 1770. The first-order valence-electron chi connectivity index (χ1n) is 16.8. The van der Waals surface area contributed by atoms with Crippen molar-refractivity contribution in [3.63, 3.8) is 0 Å². The van der Waals surface area contributed by atoms with Gasteiger partial charge in [0.1, 0.15) is 31.2 Å². The van der Waals surface area contributed by atoms with Crippen molar-refractivity contribution < 1.29 is 90.5 Å². The fourth-order valence-electron chi connectivity index (χ4n) is 5.37. The molecule has 0 aliphatic carbocycles. The number of ether oxygens (including phenoxy) is 11. The van der Waals surface area contributed by atoms with Crippen molar-refractivity contribution in [3.05, 3.63) is 53.6 Å². The zero-order chi connectivity index (χ0) is 41.7. The van der Waals surface area contributed by atoms with Gasteiger partial charge in [-0.05, 0) is 35.9 Å². The number of hydrogen-bond donors (Lipinski definition) is 0. The van der Waals surface area contributed by atoms with Crippen molar-refractivity contribution in [1.29, 1.82) is 0 Å². The van der Waals surface area contributed by atoms with Crippen molar-refractivity contribution >= 4 is 47.8 Å². The third kappa shape index (κ3) is 13.3. The van der Waals surface area contributed by atoms with Crippen LogP contribution in [0, 0.1) is 0 Å². The standard InChI is InChI=1S/C37H42O19/c1-18(38)47-16-30(32(51-21(4)41)25-9-12-27(13-10-25)49-19(2)39)55-37-35(54-24(7)44)34(53-23(6)43)33(52-22(5)42)31(56-37)17-48-36(45)26-11-14-28(50-20(3)40)29(15-26)46-8/h9-15,30-35,37H,16-17H2,1-8H3. The first kappa shape index (κ1) is 44.3. The molecular weight excluding hydrogens is 748 g/mol. The molecule has 0 radical (unpaired) electrons. The van der Waals surface area contributed by atoms with Crippen molar-refractivity contribution in [2.24, 2.45) is 0 Å². The van der Waals surface area contributed by atoms with Crippen LogP contribution in [-0.2, 0) is 71.5 Å². The Kier molecular flexibility index (Phi) is 16.3. The second-order valence-electron chi connectivity index (χ2n) is 12.0. The van der Waals surface area contributed by atoms with Gasteiger partial charge in [0, 0.05) is 48.5 Å². The van der Waals surface area contributed by atoms with Gasteiger partial charge < -0.3 is 52.1 Å². The second-order valence-corrected chi connectivity index (χ2v) is 12.0. The Balaban J connectivity index is 2.09. The maximum Gasteiger partial charge on any atom is 0.338 e. The van der Waals surface area contributed by atoms with Gasteiger partial charge >= 0.3 is 47.8 Å². The summed E-state index contributed by atoms with van der Waals surface area (Å²) in [7, 11) is 1.28. The molecule has 56 heavy (non-hydrogen) atoms. The van der Waals surface area contributed by atoms with Crippen LogP contribution in [0.3, 0.4) is 0 Å². The van der Waals surface area contributed by atoms with Crippen molar-refractivity contribution in [2.75, 3.05) is 20.3 Å². The van der Waals surface area contributed by atoms with Gasteiger partial charge in [-0.15, -0.1) is 0 Å². The summed E-state index contributed by atoms with van der Waals surface area (Å²) in [6.07, 6.45) is -11.1. The van der Waals surface area contributed by atoms with E-state index < -0.39 is 104 Å². The summed E-state index contributed by atoms with van der Waals surface area (Å²) in [5, 5.41) is 0. The van der Waals surface area contributed by atoms with Crippen LogP contribution in [-0.4, -0.2) is 105 Å². The summed E-state index contributed by atoms with van der Waals surface area (Å²) < 4.78 is 60.6. The highest BCUT2D eigenvalue weighted by Crippen LogP contribution is 2.35. The van der Waals surface area contributed by atoms with Gasteiger partial charge in [-0.1, -0.05) is 12.1 Å². The van der Waals surface area contributed by atoms with E-state index in [1.54, 1.807) is 0 Å². The predicted octanol–water partition coefficient (Wildman–Crippen LogP) is 2.48. The fourth-order valence-corrected chi connectivity index (χ4v) is 5.37. The number of rotatable bonds is 16. The monoisotopic (exact) mass is 790 g/mol. The molecule has 0 amide bonds. The lowest BCUT2D eigenvalue weighted by atomic mass is 9.97. The topological polar surface area (TPSA) is 238 Å². The molecular formula is C37H42O19. The molecule has 0 spiro atoms. The predicted molar refractivity (Wildman–Crippen MR) is 184 cm³/mol. The van der Waals surface area contributed by atoms with E-state index in [2.05, 4.69) is 0 Å². The van der Waals surface area contributed by atoms with Crippen LogP contribution in [0.5, 0.6) is 17.2 Å². The molecule has 1 fully saturated rings. The lowest BCUT2D eigenvalue weighted by Crippen LogP contribution is -2.63. The Hall–Kier alpha value is -6.08. The molecule has 19 nitrogen and oxygen atoms in total. The van der Waals surface area contributed by atoms with Gasteiger partial charge in [0.15, 0.2) is 42.2 Å². The summed E-state index contributed by atoms with van der Waals surface area (Å²) in [4.78, 5) is 97.9. The smallest absolute Gasteiger partial charge is 0.338 e. The first-order chi connectivity index (χ1) is 26.4. The summed E-state index contributed by atoms with van der Waals surface area (Å²) in [6.45, 7) is 6.39. The molecule has 7 atom stereocenters. The third-order valence-corrected chi connectivity index (χ3v) is 7.39. The first-order valence-corrected chi connectivity index (χ1v) is 16.8. The quantitative estimate of drug-likeness (QED) is 0.135. The van der Waals surface area contributed by atoms with Crippen LogP contribution < -0.4 is 14.2 Å². The number of benzene rings is 2. The Morgan fingerprint density at radius 1 is 0.625 bits per heavy atom. The normalized spacial score (nSPS) is 19.8. The Labute approximate surface area is 320 Å². The zero-order valence-electron chi connectivity index (χ0n) is 31.8. The molecule has 0 aromatic heterocycles. The fraction of sp³-hybridized carbons (Fsp3) is 0.459. The lowest BCUT2D eigenvalue weighted by molar-refractivity contribution is -0.324. The molecule has 1 aliphatic heterocycles. The summed E-state index contributed by atoms with van der Waals surface area (Å²) in [5.74, 6) is -6.26. The molecule has 2 aromatic rings. The summed E-state index contributed by atoms with van der Waals surface area (Å²) in [5.41, 5.74) is 0.188. The molecule has 0 bridgehead atoms. The highest BCUT2D eigenvalue weighted by atomic mass is 16.7. The van der Waals surface area contributed by atoms with Gasteiger partial charge in [-0.3, -0.25) is 33.6 Å². The van der Waals surface area contributed by atoms with Crippen LogP contribution in [0.4, 0.5) is 0 Å². The van der Waals surface area contributed by atoms with Gasteiger partial charge in [-0.25, -0.2) is 4.79 Å². The third-order valence-electron chi connectivity index (χ3n) is 7.39. The summed E-state index contributed by atoms with van der Waals surface area (Å²) in [6, 6.07) is 9.51. The maximum absolute atomic E-state index is 13.3. The molecule has 1 heterocycles. The SMILES string of the molecule is COc1cc(C(=O)OCC2OC(OC(COC(C)=O)C(OC(C)=O)c3ccc(OC(C)=O)cc3)C(OC(C)=O)C(OC(C)=O)C2OC(C)=O)ccc1OC(C)=O. The number of carbonyl (C=O) groups excluding carboxylic acids is 8. The van der Waals surface area contributed by atoms with Gasteiger partial charge in [0.05, 0.1) is 12.7 Å². The number of carbonyl (C=O) groups is 8. The highest BCUT2D eigenvalue weighted by molar-refractivity contribution is 5.90. The van der Waals surface area contributed by atoms with E-state index in [0.717, 1.165) is 34.6 Å². The minimum atomic E-state index is -1.79.